The number of halogens is 2. The molecule has 1 fully saturated rings. The van der Waals surface area contributed by atoms with Crippen molar-refractivity contribution < 1.29 is 9.90 Å². The average molecular weight is 521 g/mol. The Balaban J connectivity index is 1.85. The van der Waals surface area contributed by atoms with Crippen LogP contribution in [0.2, 0.25) is 10.0 Å². The number of fused-ring (bicyclic) bond motifs is 1. The summed E-state index contributed by atoms with van der Waals surface area (Å²) in [7, 11) is 0. The van der Waals surface area contributed by atoms with Crippen LogP contribution >= 0.6 is 23.2 Å². The first-order valence-corrected chi connectivity index (χ1v) is 12.6. The first-order valence-electron chi connectivity index (χ1n) is 11.9. The zero-order chi connectivity index (χ0) is 25.6. The van der Waals surface area contributed by atoms with Gasteiger partial charge in [-0.15, -0.1) is 0 Å². The van der Waals surface area contributed by atoms with E-state index in [-0.39, 0.29) is 5.41 Å². The highest BCUT2D eigenvalue weighted by Crippen LogP contribution is 2.40. The monoisotopic (exact) mass is 520 g/mol. The SMILES string of the molecule is CC(C)(C)c1nc(N2CCC[C@H]2C(=O)O)c2cc(-c3ccc(Cl)cc3)c(-c3ccccc3Cl)nc2n1. The van der Waals surface area contributed by atoms with Crippen molar-refractivity contribution in [1.29, 1.82) is 0 Å². The lowest BCUT2D eigenvalue weighted by Gasteiger charge is -2.27. The van der Waals surface area contributed by atoms with Gasteiger partial charge >= 0.3 is 5.97 Å². The second-order valence-electron chi connectivity index (χ2n) is 10.1. The van der Waals surface area contributed by atoms with Crippen LogP contribution in [0.15, 0.2) is 54.6 Å². The van der Waals surface area contributed by atoms with Crippen molar-refractivity contribution in [3.05, 3.63) is 70.5 Å². The van der Waals surface area contributed by atoms with Crippen molar-refractivity contribution in [3.63, 3.8) is 0 Å². The van der Waals surface area contributed by atoms with E-state index in [1.165, 1.54) is 0 Å². The summed E-state index contributed by atoms with van der Waals surface area (Å²) in [5, 5.41) is 11.8. The predicted molar refractivity (Wildman–Crippen MR) is 145 cm³/mol. The summed E-state index contributed by atoms with van der Waals surface area (Å²) in [5.41, 5.74) is 3.37. The largest absolute Gasteiger partial charge is 0.480 e. The summed E-state index contributed by atoms with van der Waals surface area (Å²) in [6.45, 7) is 6.71. The molecule has 3 heterocycles. The molecule has 1 aliphatic rings. The number of aliphatic carboxylic acids is 1. The number of rotatable bonds is 4. The molecule has 0 bridgehead atoms. The second kappa shape index (κ2) is 9.34. The van der Waals surface area contributed by atoms with Gasteiger partial charge in [0.1, 0.15) is 17.7 Å². The van der Waals surface area contributed by atoms with Gasteiger partial charge < -0.3 is 10.0 Å². The number of aromatic nitrogens is 3. The molecule has 0 radical (unpaired) electrons. The highest BCUT2D eigenvalue weighted by molar-refractivity contribution is 6.33. The summed E-state index contributed by atoms with van der Waals surface area (Å²) in [6, 6.07) is 16.5. The third-order valence-corrected chi connectivity index (χ3v) is 7.01. The number of benzene rings is 2. The predicted octanol–water partition coefficient (Wildman–Crippen LogP) is 7.02. The molecule has 2 aromatic heterocycles. The molecule has 0 spiro atoms. The van der Waals surface area contributed by atoms with Gasteiger partial charge in [-0.25, -0.2) is 19.7 Å². The molecule has 1 aliphatic heterocycles. The van der Waals surface area contributed by atoms with E-state index < -0.39 is 12.0 Å². The van der Waals surface area contributed by atoms with Crippen molar-refractivity contribution in [3.8, 4) is 22.4 Å². The van der Waals surface area contributed by atoms with Gasteiger partial charge in [0.15, 0.2) is 5.65 Å². The molecule has 4 aromatic rings. The number of carboxylic acid groups (broad SMARTS) is 1. The van der Waals surface area contributed by atoms with E-state index in [0.717, 1.165) is 23.1 Å². The Bertz CT molecular complexity index is 1470. The Morgan fingerprint density at radius 1 is 1.00 bits per heavy atom. The number of carboxylic acids is 1. The Kier molecular flexibility index (Phi) is 6.35. The van der Waals surface area contributed by atoms with E-state index in [0.29, 0.717) is 51.4 Å². The molecule has 0 amide bonds. The van der Waals surface area contributed by atoms with Crippen LogP contribution in [0.3, 0.4) is 0 Å². The first kappa shape index (κ1) is 24.5. The fourth-order valence-electron chi connectivity index (χ4n) is 4.58. The minimum Gasteiger partial charge on any atom is -0.480 e. The standard InChI is InChI=1S/C28H26Cl2N4O2/c1-28(2,3)27-32-24-20(25(33-27)34-14-6-9-22(34)26(35)36)15-19(16-10-12-17(29)13-11-16)23(31-24)18-7-4-5-8-21(18)30/h4-5,7-8,10-13,15,22H,6,9,14H2,1-3H3,(H,35,36)/t22-/m0/s1. The van der Waals surface area contributed by atoms with E-state index >= 15 is 0 Å². The molecule has 1 N–H and O–H groups in total. The lowest BCUT2D eigenvalue weighted by Crippen LogP contribution is -2.37. The van der Waals surface area contributed by atoms with Gasteiger partial charge in [-0.3, -0.25) is 0 Å². The number of carbonyl (C=O) groups is 1. The maximum Gasteiger partial charge on any atom is 0.326 e. The van der Waals surface area contributed by atoms with E-state index in [9.17, 15) is 9.90 Å². The topological polar surface area (TPSA) is 79.2 Å². The van der Waals surface area contributed by atoms with Gasteiger partial charge in [-0.2, -0.15) is 0 Å². The number of pyridine rings is 1. The van der Waals surface area contributed by atoms with Crippen molar-refractivity contribution in [2.24, 2.45) is 0 Å². The van der Waals surface area contributed by atoms with Crippen LogP contribution in [-0.2, 0) is 10.2 Å². The molecule has 0 saturated carbocycles. The van der Waals surface area contributed by atoms with Crippen LogP contribution < -0.4 is 4.90 Å². The molecule has 5 rings (SSSR count). The first-order chi connectivity index (χ1) is 17.1. The molecular weight excluding hydrogens is 495 g/mol. The fourth-order valence-corrected chi connectivity index (χ4v) is 4.93. The average Bonchev–Trinajstić information content (AvgIpc) is 3.33. The molecule has 0 unspecified atom stereocenters. The summed E-state index contributed by atoms with van der Waals surface area (Å²) in [4.78, 5) is 28.8. The van der Waals surface area contributed by atoms with Crippen LogP contribution in [0, 0.1) is 0 Å². The molecule has 0 aliphatic carbocycles. The Morgan fingerprint density at radius 2 is 1.72 bits per heavy atom. The van der Waals surface area contributed by atoms with Gasteiger partial charge in [-0.05, 0) is 42.7 Å². The zero-order valence-electron chi connectivity index (χ0n) is 20.3. The van der Waals surface area contributed by atoms with E-state index in [4.69, 9.17) is 38.2 Å². The third-order valence-electron chi connectivity index (χ3n) is 6.43. The molecular formula is C28H26Cl2N4O2. The number of nitrogens with zero attached hydrogens (tertiary/aromatic N) is 4. The maximum atomic E-state index is 12.1. The second-order valence-corrected chi connectivity index (χ2v) is 10.9. The van der Waals surface area contributed by atoms with Gasteiger partial charge in [0, 0.05) is 33.1 Å². The summed E-state index contributed by atoms with van der Waals surface area (Å²) >= 11 is 12.8. The molecule has 1 atom stereocenters. The molecule has 36 heavy (non-hydrogen) atoms. The Labute approximate surface area is 219 Å². The highest BCUT2D eigenvalue weighted by atomic mass is 35.5. The number of hydrogen-bond acceptors (Lipinski definition) is 5. The van der Waals surface area contributed by atoms with Gasteiger partial charge in [0.25, 0.3) is 0 Å². The summed E-state index contributed by atoms with van der Waals surface area (Å²) in [6.07, 6.45) is 1.35. The molecule has 2 aromatic carbocycles. The highest BCUT2D eigenvalue weighted by Gasteiger charge is 2.34. The maximum absolute atomic E-state index is 12.1. The lowest BCUT2D eigenvalue weighted by atomic mass is 9.95. The van der Waals surface area contributed by atoms with Crippen molar-refractivity contribution >= 4 is 46.0 Å². The lowest BCUT2D eigenvalue weighted by molar-refractivity contribution is -0.138. The normalized spacial score (nSPS) is 16.0. The minimum atomic E-state index is -0.852. The van der Waals surface area contributed by atoms with Crippen molar-refractivity contribution in [2.75, 3.05) is 11.4 Å². The van der Waals surface area contributed by atoms with Crippen LogP contribution in [-0.4, -0.2) is 38.6 Å². The molecule has 1 saturated heterocycles. The minimum absolute atomic E-state index is 0.359. The fraction of sp³-hybridized carbons (Fsp3) is 0.286. The van der Waals surface area contributed by atoms with Gasteiger partial charge in [-0.1, -0.05) is 74.3 Å². The van der Waals surface area contributed by atoms with E-state index in [2.05, 4.69) is 0 Å². The number of hydrogen-bond donors (Lipinski definition) is 1. The third kappa shape index (κ3) is 4.51. The molecule has 6 nitrogen and oxygen atoms in total. The van der Waals surface area contributed by atoms with Crippen molar-refractivity contribution in [1.82, 2.24) is 15.0 Å². The molecule has 184 valence electrons. The quantitative estimate of drug-likeness (QED) is 0.311. The Morgan fingerprint density at radius 3 is 2.39 bits per heavy atom. The van der Waals surface area contributed by atoms with Crippen LogP contribution in [0.4, 0.5) is 5.82 Å². The van der Waals surface area contributed by atoms with E-state index in [1.807, 2.05) is 80.3 Å². The smallest absolute Gasteiger partial charge is 0.326 e. The summed E-state index contributed by atoms with van der Waals surface area (Å²) < 4.78 is 0. The van der Waals surface area contributed by atoms with E-state index in [1.54, 1.807) is 0 Å². The van der Waals surface area contributed by atoms with Crippen molar-refractivity contribution in [2.45, 2.75) is 45.1 Å². The van der Waals surface area contributed by atoms with Crippen LogP contribution in [0.5, 0.6) is 0 Å². The number of anilines is 1. The molecule has 8 heteroatoms. The van der Waals surface area contributed by atoms with Crippen LogP contribution in [0.25, 0.3) is 33.4 Å². The Hall–Kier alpha value is -3.22. The van der Waals surface area contributed by atoms with Gasteiger partial charge in [0.2, 0.25) is 0 Å². The van der Waals surface area contributed by atoms with Gasteiger partial charge in [0.05, 0.1) is 11.1 Å². The van der Waals surface area contributed by atoms with Crippen LogP contribution in [0.1, 0.15) is 39.4 Å². The zero-order valence-corrected chi connectivity index (χ0v) is 21.8. The summed E-state index contributed by atoms with van der Waals surface area (Å²) in [5.74, 6) is 0.358.